The molecule has 0 amide bonds. The summed E-state index contributed by atoms with van der Waals surface area (Å²) in [7, 11) is 0. The van der Waals surface area contributed by atoms with E-state index in [4.69, 9.17) is 12.2 Å². The lowest BCUT2D eigenvalue weighted by Gasteiger charge is -2.06. The minimum Gasteiger partial charge on any atom is -0.300 e. The SMILES string of the molecule is CCCn1c(-c2ccc(C)cc2F)n[nH]c1=S. The molecule has 1 heterocycles. The summed E-state index contributed by atoms with van der Waals surface area (Å²) >= 11 is 5.13. The Balaban J connectivity index is 2.56. The van der Waals surface area contributed by atoms with E-state index in [1.165, 1.54) is 6.07 Å². The second-order valence-electron chi connectivity index (χ2n) is 3.99. The van der Waals surface area contributed by atoms with Gasteiger partial charge in [0.05, 0.1) is 5.56 Å². The van der Waals surface area contributed by atoms with Crippen molar-refractivity contribution in [3.05, 3.63) is 34.4 Å². The van der Waals surface area contributed by atoms with E-state index in [9.17, 15) is 4.39 Å². The zero-order valence-electron chi connectivity index (χ0n) is 9.83. The first-order chi connectivity index (χ1) is 8.13. The summed E-state index contributed by atoms with van der Waals surface area (Å²) in [5.41, 5.74) is 1.37. The molecular weight excluding hydrogens is 237 g/mol. The minimum absolute atomic E-state index is 0.267. The standard InChI is InChI=1S/C12H14FN3S/c1-3-6-16-11(14-15-12(16)17)9-5-4-8(2)7-10(9)13/h4-5,7H,3,6H2,1-2H3,(H,15,17). The van der Waals surface area contributed by atoms with Crippen molar-refractivity contribution in [3.8, 4) is 11.4 Å². The first-order valence-corrected chi connectivity index (χ1v) is 5.96. The third-order valence-electron chi connectivity index (χ3n) is 2.57. The maximum absolute atomic E-state index is 13.9. The normalized spacial score (nSPS) is 10.8. The van der Waals surface area contributed by atoms with Crippen LogP contribution in [-0.2, 0) is 6.54 Å². The smallest absolute Gasteiger partial charge is 0.195 e. The number of aromatic amines is 1. The van der Waals surface area contributed by atoms with Gasteiger partial charge < -0.3 is 4.57 Å². The zero-order chi connectivity index (χ0) is 12.4. The Morgan fingerprint density at radius 3 is 2.88 bits per heavy atom. The quantitative estimate of drug-likeness (QED) is 0.847. The fourth-order valence-corrected chi connectivity index (χ4v) is 1.98. The largest absolute Gasteiger partial charge is 0.300 e. The zero-order valence-corrected chi connectivity index (χ0v) is 10.6. The van der Waals surface area contributed by atoms with E-state index in [-0.39, 0.29) is 5.82 Å². The number of benzene rings is 1. The van der Waals surface area contributed by atoms with Crippen LogP contribution in [0.2, 0.25) is 0 Å². The number of halogens is 1. The van der Waals surface area contributed by atoms with Gasteiger partial charge in [-0.1, -0.05) is 13.0 Å². The molecule has 1 N–H and O–H groups in total. The van der Waals surface area contributed by atoms with Crippen molar-refractivity contribution in [2.24, 2.45) is 0 Å². The van der Waals surface area contributed by atoms with Crippen molar-refractivity contribution in [2.75, 3.05) is 0 Å². The molecule has 2 rings (SSSR count). The number of aromatic nitrogens is 3. The molecule has 17 heavy (non-hydrogen) atoms. The van der Waals surface area contributed by atoms with E-state index in [0.717, 1.165) is 18.5 Å². The van der Waals surface area contributed by atoms with Crippen LogP contribution in [0.15, 0.2) is 18.2 Å². The summed E-state index contributed by atoms with van der Waals surface area (Å²) in [6, 6.07) is 5.11. The molecule has 0 saturated carbocycles. The van der Waals surface area contributed by atoms with Crippen molar-refractivity contribution in [1.29, 1.82) is 0 Å². The molecule has 2 aromatic rings. The Kier molecular flexibility index (Phi) is 3.38. The van der Waals surface area contributed by atoms with Crippen LogP contribution in [0.1, 0.15) is 18.9 Å². The molecule has 1 aromatic carbocycles. The van der Waals surface area contributed by atoms with Gasteiger partial charge in [-0.2, -0.15) is 5.10 Å². The van der Waals surface area contributed by atoms with Gasteiger partial charge >= 0.3 is 0 Å². The van der Waals surface area contributed by atoms with Gasteiger partial charge in [0.1, 0.15) is 5.82 Å². The summed E-state index contributed by atoms with van der Waals surface area (Å²) in [4.78, 5) is 0. The fourth-order valence-electron chi connectivity index (χ4n) is 1.76. The van der Waals surface area contributed by atoms with Crippen molar-refractivity contribution >= 4 is 12.2 Å². The maximum Gasteiger partial charge on any atom is 0.195 e. The Morgan fingerprint density at radius 2 is 2.24 bits per heavy atom. The lowest BCUT2D eigenvalue weighted by molar-refractivity contribution is 0.622. The molecule has 0 saturated heterocycles. The highest BCUT2D eigenvalue weighted by atomic mass is 32.1. The van der Waals surface area contributed by atoms with Crippen LogP contribution in [0, 0.1) is 17.5 Å². The molecule has 0 unspecified atom stereocenters. The van der Waals surface area contributed by atoms with Gasteiger partial charge in [-0.15, -0.1) is 0 Å². The predicted octanol–water partition coefficient (Wildman–Crippen LogP) is 3.47. The molecule has 0 atom stereocenters. The van der Waals surface area contributed by atoms with Gasteiger partial charge in [0.15, 0.2) is 10.6 Å². The van der Waals surface area contributed by atoms with Gasteiger partial charge in [0, 0.05) is 6.54 Å². The average molecular weight is 251 g/mol. The van der Waals surface area contributed by atoms with E-state index >= 15 is 0 Å². The summed E-state index contributed by atoms with van der Waals surface area (Å²) in [6.07, 6.45) is 0.925. The van der Waals surface area contributed by atoms with Crippen molar-refractivity contribution in [2.45, 2.75) is 26.8 Å². The van der Waals surface area contributed by atoms with Crippen LogP contribution in [0.5, 0.6) is 0 Å². The van der Waals surface area contributed by atoms with Gasteiger partial charge in [0.25, 0.3) is 0 Å². The van der Waals surface area contributed by atoms with Crippen LogP contribution in [0.4, 0.5) is 4.39 Å². The molecule has 0 aliphatic carbocycles. The molecular formula is C12H14FN3S. The first-order valence-electron chi connectivity index (χ1n) is 5.55. The molecule has 1 aromatic heterocycles. The topological polar surface area (TPSA) is 33.6 Å². The lowest BCUT2D eigenvalue weighted by atomic mass is 10.1. The van der Waals surface area contributed by atoms with E-state index < -0.39 is 0 Å². The van der Waals surface area contributed by atoms with E-state index in [2.05, 4.69) is 10.2 Å². The van der Waals surface area contributed by atoms with Crippen LogP contribution in [0.3, 0.4) is 0 Å². The molecule has 0 aliphatic rings. The number of rotatable bonds is 3. The maximum atomic E-state index is 13.9. The van der Waals surface area contributed by atoms with Gasteiger partial charge in [-0.25, -0.2) is 4.39 Å². The Labute approximate surface area is 104 Å². The number of hydrogen-bond acceptors (Lipinski definition) is 2. The van der Waals surface area contributed by atoms with E-state index in [0.29, 0.717) is 16.2 Å². The van der Waals surface area contributed by atoms with Crippen molar-refractivity contribution in [3.63, 3.8) is 0 Å². The number of nitrogens with zero attached hydrogens (tertiary/aromatic N) is 2. The number of nitrogens with one attached hydrogen (secondary N) is 1. The Hall–Kier alpha value is -1.49. The van der Waals surface area contributed by atoms with Crippen LogP contribution < -0.4 is 0 Å². The molecule has 3 nitrogen and oxygen atoms in total. The van der Waals surface area contributed by atoms with Crippen molar-refractivity contribution in [1.82, 2.24) is 14.8 Å². The highest BCUT2D eigenvalue weighted by Crippen LogP contribution is 2.22. The summed E-state index contributed by atoms with van der Waals surface area (Å²) in [5, 5.41) is 6.81. The molecule has 0 spiro atoms. The molecule has 0 bridgehead atoms. The molecule has 5 heteroatoms. The molecule has 0 fully saturated rings. The highest BCUT2D eigenvalue weighted by Gasteiger charge is 2.12. The summed E-state index contributed by atoms with van der Waals surface area (Å²) < 4.78 is 16.2. The number of hydrogen-bond donors (Lipinski definition) is 1. The van der Waals surface area contributed by atoms with E-state index in [1.54, 1.807) is 6.07 Å². The summed E-state index contributed by atoms with van der Waals surface area (Å²) in [6.45, 7) is 4.64. The van der Waals surface area contributed by atoms with Gasteiger partial charge in [-0.3, -0.25) is 5.10 Å². The minimum atomic E-state index is -0.267. The second kappa shape index (κ2) is 4.79. The summed E-state index contributed by atoms with van der Waals surface area (Å²) in [5.74, 6) is 0.297. The van der Waals surface area contributed by atoms with Crippen LogP contribution in [0.25, 0.3) is 11.4 Å². The van der Waals surface area contributed by atoms with Gasteiger partial charge in [0.2, 0.25) is 0 Å². The first kappa shape index (κ1) is 12.0. The fraction of sp³-hybridized carbons (Fsp3) is 0.333. The second-order valence-corrected chi connectivity index (χ2v) is 4.37. The Morgan fingerprint density at radius 1 is 1.47 bits per heavy atom. The predicted molar refractivity (Wildman–Crippen MR) is 67.8 cm³/mol. The number of H-pyrrole nitrogens is 1. The monoisotopic (exact) mass is 251 g/mol. The molecule has 0 aliphatic heterocycles. The number of aryl methyl sites for hydroxylation is 1. The lowest BCUT2D eigenvalue weighted by Crippen LogP contribution is -2.01. The van der Waals surface area contributed by atoms with Gasteiger partial charge in [-0.05, 0) is 43.3 Å². The highest BCUT2D eigenvalue weighted by molar-refractivity contribution is 7.71. The molecule has 90 valence electrons. The average Bonchev–Trinajstić information content (AvgIpc) is 2.62. The third-order valence-corrected chi connectivity index (χ3v) is 2.88. The third kappa shape index (κ3) is 2.29. The van der Waals surface area contributed by atoms with E-state index in [1.807, 2.05) is 24.5 Å². The van der Waals surface area contributed by atoms with Crippen LogP contribution in [-0.4, -0.2) is 14.8 Å². The Bertz CT molecular complexity index is 586. The molecule has 0 radical (unpaired) electrons. The van der Waals surface area contributed by atoms with Crippen LogP contribution >= 0.6 is 12.2 Å². The van der Waals surface area contributed by atoms with Crippen molar-refractivity contribution < 1.29 is 4.39 Å².